The van der Waals surface area contributed by atoms with Gasteiger partial charge in [-0.3, -0.25) is 0 Å². The van der Waals surface area contributed by atoms with E-state index in [9.17, 15) is 0 Å². The summed E-state index contributed by atoms with van der Waals surface area (Å²) in [4.78, 5) is 2.81. The largest absolute Gasteiger partial charge is 0.306 e. The number of hydrogen-bond donors (Lipinski definition) is 1. The molecule has 1 aromatic carbocycles. The zero-order valence-corrected chi connectivity index (χ0v) is 14.3. The molecule has 1 unspecified atom stereocenters. The number of halogens is 1. The Morgan fingerprint density at radius 1 is 1.16 bits per heavy atom. The minimum Gasteiger partial charge on any atom is -0.306 e. The molecule has 1 aromatic heterocycles. The Kier molecular flexibility index (Phi) is 4.82. The van der Waals surface area contributed by atoms with Crippen molar-refractivity contribution in [2.45, 2.75) is 33.7 Å². The molecule has 102 valence electrons. The Labute approximate surface area is 128 Å². The Hall–Kier alpha value is -0.640. The Morgan fingerprint density at radius 2 is 1.89 bits per heavy atom. The molecule has 0 aliphatic rings. The van der Waals surface area contributed by atoms with E-state index in [0.29, 0.717) is 6.04 Å². The average molecular weight is 338 g/mol. The van der Waals surface area contributed by atoms with Crippen LogP contribution in [0.3, 0.4) is 0 Å². The van der Waals surface area contributed by atoms with Crippen molar-refractivity contribution in [3.63, 3.8) is 0 Å². The molecule has 3 heteroatoms. The number of hydrogen-bond acceptors (Lipinski definition) is 2. The van der Waals surface area contributed by atoms with Crippen LogP contribution >= 0.6 is 27.3 Å². The molecule has 0 spiro atoms. The van der Waals surface area contributed by atoms with Gasteiger partial charge < -0.3 is 5.32 Å². The van der Waals surface area contributed by atoms with E-state index in [0.717, 1.165) is 11.0 Å². The zero-order chi connectivity index (χ0) is 14.0. The Balaban J connectivity index is 2.48. The van der Waals surface area contributed by atoms with Crippen molar-refractivity contribution in [1.82, 2.24) is 5.32 Å². The molecule has 0 radical (unpaired) electrons. The van der Waals surface area contributed by atoms with E-state index in [4.69, 9.17) is 0 Å². The predicted octanol–water partition coefficient (Wildman–Crippen LogP) is 5.13. The molecule has 0 amide bonds. The van der Waals surface area contributed by atoms with Crippen molar-refractivity contribution in [2.24, 2.45) is 0 Å². The van der Waals surface area contributed by atoms with E-state index in [1.807, 2.05) is 11.3 Å². The number of nitrogens with one attached hydrogen (secondary N) is 1. The summed E-state index contributed by atoms with van der Waals surface area (Å²) in [6, 6.07) is 9.12. The van der Waals surface area contributed by atoms with Crippen LogP contribution in [-0.4, -0.2) is 6.54 Å². The molecule has 0 aliphatic carbocycles. The molecule has 1 heterocycles. The van der Waals surface area contributed by atoms with Gasteiger partial charge in [0.25, 0.3) is 0 Å². The first-order chi connectivity index (χ1) is 9.02. The van der Waals surface area contributed by atoms with E-state index in [1.54, 1.807) is 0 Å². The van der Waals surface area contributed by atoms with E-state index in [2.05, 4.69) is 73.2 Å². The fourth-order valence-electron chi connectivity index (χ4n) is 2.46. The highest BCUT2D eigenvalue weighted by Crippen LogP contribution is 2.34. The number of thiophene rings is 1. The zero-order valence-electron chi connectivity index (χ0n) is 11.9. The lowest BCUT2D eigenvalue weighted by Gasteiger charge is -2.20. The molecular weight excluding hydrogens is 318 g/mol. The minimum atomic E-state index is 0.303. The van der Waals surface area contributed by atoms with Crippen LogP contribution in [0.25, 0.3) is 0 Å². The van der Waals surface area contributed by atoms with E-state index in [-0.39, 0.29) is 0 Å². The van der Waals surface area contributed by atoms with Crippen LogP contribution in [0, 0.1) is 20.8 Å². The van der Waals surface area contributed by atoms with Crippen molar-refractivity contribution in [1.29, 1.82) is 0 Å². The molecule has 0 aliphatic heterocycles. The normalized spacial score (nSPS) is 12.7. The highest BCUT2D eigenvalue weighted by atomic mass is 79.9. The summed E-state index contributed by atoms with van der Waals surface area (Å²) in [5.41, 5.74) is 4.08. The third kappa shape index (κ3) is 3.28. The maximum Gasteiger partial charge on any atom is 0.0676 e. The second-order valence-corrected chi connectivity index (χ2v) is 7.10. The Bertz CT molecular complexity index is 574. The van der Waals surface area contributed by atoms with Crippen molar-refractivity contribution in [2.75, 3.05) is 6.54 Å². The molecule has 1 atom stereocenters. The van der Waals surface area contributed by atoms with Gasteiger partial charge in [0.1, 0.15) is 0 Å². The Morgan fingerprint density at radius 3 is 2.42 bits per heavy atom. The second kappa shape index (κ2) is 6.21. The SMILES string of the molecule is CCNC(c1ccc(Br)cc1C)c1sc(C)cc1C. The smallest absolute Gasteiger partial charge is 0.0676 e. The van der Waals surface area contributed by atoms with Crippen LogP contribution in [0.15, 0.2) is 28.7 Å². The monoisotopic (exact) mass is 337 g/mol. The molecule has 19 heavy (non-hydrogen) atoms. The predicted molar refractivity (Wildman–Crippen MR) is 88.2 cm³/mol. The van der Waals surface area contributed by atoms with Crippen LogP contribution < -0.4 is 5.32 Å². The third-order valence-electron chi connectivity index (χ3n) is 3.29. The van der Waals surface area contributed by atoms with E-state index < -0.39 is 0 Å². The lowest BCUT2D eigenvalue weighted by Crippen LogP contribution is -2.22. The van der Waals surface area contributed by atoms with Gasteiger partial charge in [-0.15, -0.1) is 11.3 Å². The molecule has 0 saturated heterocycles. The van der Waals surface area contributed by atoms with E-state index in [1.165, 1.54) is 26.4 Å². The standard InChI is InChI=1S/C16H20BrNS/c1-5-18-15(16-11(3)8-12(4)19-16)14-7-6-13(17)9-10(14)2/h6-9,15,18H,5H2,1-4H3. The average Bonchev–Trinajstić information content (AvgIpc) is 2.66. The fourth-order valence-corrected chi connectivity index (χ4v) is 4.06. The van der Waals surface area contributed by atoms with Crippen LogP contribution in [0.2, 0.25) is 0 Å². The highest BCUT2D eigenvalue weighted by Gasteiger charge is 2.19. The highest BCUT2D eigenvalue weighted by molar-refractivity contribution is 9.10. The maximum atomic E-state index is 3.62. The van der Waals surface area contributed by atoms with Crippen molar-refractivity contribution >= 4 is 27.3 Å². The molecule has 0 saturated carbocycles. The third-order valence-corrected chi connectivity index (χ3v) is 5.00. The van der Waals surface area contributed by atoms with Gasteiger partial charge >= 0.3 is 0 Å². The lowest BCUT2D eigenvalue weighted by molar-refractivity contribution is 0.634. The fraction of sp³-hybridized carbons (Fsp3) is 0.375. The summed E-state index contributed by atoms with van der Waals surface area (Å²) in [6.07, 6.45) is 0. The maximum absolute atomic E-state index is 3.62. The van der Waals surface area contributed by atoms with Gasteiger partial charge in [-0.05, 0) is 62.2 Å². The van der Waals surface area contributed by atoms with Crippen LogP contribution in [0.5, 0.6) is 0 Å². The van der Waals surface area contributed by atoms with Crippen molar-refractivity contribution in [3.05, 3.63) is 55.2 Å². The van der Waals surface area contributed by atoms with Gasteiger partial charge in [-0.1, -0.05) is 28.9 Å². The van der Waals surface area contributed by atoms with Crippen molar-refractivity contribution in [3.8, 4) is 0 Å². The number of aryl methyl sites for hydroxylation is 3. The van der Waals surface area contributed by atoms with Gasteiger partial charge in [-0.25, -0.2) is 0 Å². The van der Waals surface area contributed by atoms with Gasteiger partial charge in [0, 0.05) is 14.2 Å². The van der Waals surface area contributed by atoms with Gasteiger partial charge in [-0.2, -0.15) is 0 Å². The van der Waals surface area contributed by atoms with Crippen LogP contribution in [0.4, 0.5) is 0 Å². The first-order valence-electron chi connectivity index (χ1n) is 6.59. The molecule has 2 rings (SSSR count). The molecule has 2 aromatic rings. The first-order valence-corrected chi connectivity index (χ1v) is 8.20. The van der Waals surface area contributed by atoms with Gasteiger partial charge in [0.15, 0.2) is 0 Å². The van der Waals surface area contributed by atoms with Gasteiger partial charge in [0.2, 0.25) is 0 Å². The topological polar surface area (TPSA) is 12.0 Å². The molecular formula is C16H20BrNS. The summed E-state index contributed by atoms with van der Waals surface area (Å²) in [5.74, 6) is 0. The summed E-state index contributed by atoms with van der Waals surface area (Å²) < 4.78 is 1.14. The molecule has 1 nitrogen and oxygen atoms in total. The summed E-state index contributed by atoms with van der Waals surface area (Å²) >= 11 is 5.44. The number of benzene rings is 1. The van der Waals surface area contributed by atoms with Crippen LogP contribution in [0.1, 0.15) is 39.4 Å². The second-order valence-electron chi connectivity index (χ2n) is 4.90. The summed E-state index contributed by atoms with van der Waals surface area (Å²) in [7, 11) is 0. The lowest BCUT2D eigenvalue weighted by atomic mass is 9.98. The van der Waals surface area contributed by atoms with Gasteiger partial charge in [0.05, 0.1) is 6.04 Å². The van der Waals surface area contributed by atoms with Crippen molar-refractivity contribution < 1.29 is 0 Å². The summed E-state index contributed by atoms with van der Waals surface area (Å²) in [5, 5.41) is 3.62. The molecule has 0 fully saturated rings. The van der Waals surface area contributed by atoms with Crippen LogP contribution in [-0.2, 0) is 0 Å². The minimum absolute atomic E-state index is 0.303. The first kappa shape index (κ1) is 14.8. The van der Waals surface area contributed by atoms with E-state index >= 15 is 0 Å². The summed E-state index contributed by atoms with van der Waals surface area (Å²) in [6.45, 7) is 9.70. The molecule has 0 bridgehead atoms. The molecule has 1 N–H and O–H groups in total. The quantitative estimate of drug-likeness (QED) is 0.814. The number of rotatable bonds is 4.